The molecule has 1 unspecified atom stereocenters. The molecule has 5 aliphatic heterocycles. The summed E-state index contributed by atoms with van der Waals surface area (Å²) >= 11 is 6.26. The molecule has 97 heavy (non-hydrogen) atoms. The number of imide groups is 1. The van der Waals surface area contributed by atoms with Crippen LogP contribution in [0.15, 0.2) is 163 Å². The van der Waals surface area contributed by atoms with Crippen molar-refractivity contribution in [2.24, 2.45) is 11.8 Å². The summed E-state index contributed by atoms with van der Waals surface area (Å²) in [5.41, 5.74) is 6.65. The predicted molar refractivity (Wildman–Crippen MR) is 369 cm³/mol. The van der Waals surface area contributed by atoms with Crippen molar-refractivity contribution in [3.63, 3.8) is 0 Å². The molecule has 1 saturated carbocycles. The molecular formula is C73H75ClN10O12S. The number of piperidine rings is 1. The average molecular weight is 1350 g/mol. The molecule has 6 aliphatic rings. The number of nitrogens with one attached hydrogen (secondary N) is 4. The molecule has 13 rings (SSSR count). The zero-order valence-corrected chi connectivity index (χ0v) is 55.0. The second-order valence-corrected chi connectivity index (χ2v) is 26.7. The number of aromatic amines is 1. The summed E-state index contributed by atoms with van der Waals surface area (Å²) < 4.78 is 53.5. The second kappa shape index (κ2) is 31.4. The van der Waals surface area contributed by atoms with Crippen LogP contribution in [0.2, 0.25) is 5.02 Å². The van der Waals surface area contributed by atoms with Crippen molar-refractivity contribution in [1.29, 1.82) is 0 Å². The number of piperazine rings is 1. The number of halogens is 1. The fourth-order valence-corrected chi connectivity index (χ4v) is 13.5. The summed E-state index contributed by atoms with van der Waals surface area (Å²) in [5.74, 6) is 6.62. The molecule has 0 spiro atoms. The highest BCUT2D eigenvalue weighted by Crippen LogP contribution is 2.38. The maximum atomic E-state index is 14.0. The number of ether oxygens (including phenoxy) is 4. The maximum absolute atomic E-state index is 14.0. The van der Waals surface area contributed by atoms with E-state index in [1.807, 2.05) is 85.2 Å². The molecule has 1 aliphatic carbocycles. The summed E-state index contributed by atoms with van der Waals surface area (Å²) in [4.78, 5) is 77.2. The lowest BCUT2D eigenvalue weighted by Crippen LogP contribution is -2.52. The van der Waals surface area contributed by atoms with E-state index in [9.17, 15) is 37.7 Å². The van der Waals surface area contributed by atoms with E-state index in [1.165, 1.54) is 43.7 Å². The summed E-state index contributed by atoms with van der Waals surface area (Å²) in [7, 11) is -4.57. The lowest BCUT2D eigenvalue weighted by atomic mass is 9.86. The standard InChI is InChI=1S/C48H50ClN7O8S.C25H25N3O4/c49-36-9-7-34(8-10-36)40-5-2-6-45(63-31-33-3-1-4-33)42(40)30-54-19-21-55(22-20-54)37-11-13-41(46(26-37)64-38-25-35-15-18-50-47(35)52-29-38)48(57)53-65(60,61)39-12-14-43(44(27-39)56(58)59)51-28-32-16-23-62-24-17-32;29-23-12-11-22(24(30)26-23)28-18-21-19(9-7-10-20(21)25(28)31)8-3-6-16-32-17-15-27-13-4-1-2-5-14-27/h2,5-15,18,25-27,29,32-33,51H,1,3-4,16-17,19-24,28,30-31H2,(H,50,52)(H,53,57);1-2,4-5,7,9-10,13-14,22H,6,11-12,15-18H2,(H,26,29,30). The van der Waals surface area contributed by atoms with Gasteiger partial charge in [-0.2, -0.15) is 0 Å². The SMILES string of the molecule is O=C(NS(=O)(=O)c1ccc(NCC2CCOCC2)c([N+](=O)[O-])c1)c1ccc(N2CCN(Cc3c(OCC4CCC4)cccc3-c3ccc(Cl)cc3)CC2)cc1Oc1cnc2[nH]ccc2c1.O=C1CCC(N2Cc3c(C#CCCOCCN4C=CC=CC=C4)cccc3C2=O)C(=O)N1. The Balaban J connectivity index is 0.000000234. The molecule has 7 aromatic rings. The second-order valence-electron chi connectivity index (χ2n) is 24.5. The average Bonchev–Trinajstić information content (AvgIpc) is 1.72. The Morgan fingerprint density at radius 2 is 1.62 bits per heavy atom. The van der Waals surface area contributed by atoms with Crippen molar-refractivity contribution in [3.8, 4) is 40.2 Å². The number of nitro benzene ring substituents is 1. The van der Waals surface area contributed by atoms with Gasteiger partial charge in [-0.15, -0.1) is 0 Å². The van der Waals surface area contributed by atoms with Crippen molar-refractivity contribution in [3.05, 3.63) is 201 Å². The van der Waals surface area contributed by atoms with Crippen LogP contribution in [0.3, 0.4) is 0 Å². The molecule has 4 fully saturated rings. The Kier molecular flexibility index (Phi) is 21.7. The van der Waals surface area contributed by atoms with Crippen LogP contribution in [0.5, 0.6) is 17.2 Å². The van der Waals surface area contributed by atoms with E-state index in [1.54, 1.807) is 35.4 Å². The first-order chi connectivity index (χ1) is 47.2. The number of benzene rings is 5. The lowest BCUT2D eigenvalue weighted by Gasteiger charge is -2.37. The number of anilines is 2. The number of hydrogen-bond acceptors (Lipinski definition) is 17. The van der Waals surface area contributed by atoms with Crippen LogP contribution in [0.25, 0.3) is 22.2 Å². The van der Waals surface area contributed by atoms with E-state index in [-0.39, 0.29) is 41.2 Å². The number of rotatable bonds is 22. The number of allylic oxidation sites excluding steroid dienone is 4. The molecule has 2 aromatic heterocycles. The normalized spacial score (nSPS) is 17.3. The first-order valence-electron chi connectivity index (χ1n) is 32.7. The Hall–Kier alpha value is -9.83. The third-order valence-corrected chi connectivity index (χ3v) is 19.7. The molecule has 3 saturated heterocycles. The number of nitrogens with zero attached hydrogens (tertiary/aromatic N) is 6. The van der Waals surface area contributed by atoms with Gasteiger partial charge in [0.1, 0.15) is 34.6 Å². The van der Waals surface area contributed by atoms with Crippen molar-refractivity contribution in [2.75, 3.05) is 82.5 Å². The van der Waals surface area contributed by atoms with Gasteiger partial charge in [0.2, 0.25) is 11.8 Å². The van der Waals surface area contributed by atoms with Gasteiger partial charge in [0.15, 0.2) is 0 Å². The summed E-state index contributed by atoms with van der Waals surface area (Å²) in [6.45, 7) is 8.13. The van der Waals surface area contributed by atoms with Crippen LogP contribution in [0.1, 0.15) is 88.8 Å². The van der Waals surface area contributed by atoms with Gasteiger partial charge < -0.3 is 43.9 Å². The van der Waals surface area contributed by atoms with Crippen molar-refractivity contribution < 1.29 is 51.5 Å². The number of fused-ring (bicyclic) bond motifs is 2. The van der Waals surface area contributed by atoms with E-state index in [4.69, 9.17) is 30.5 Å². The van der Waals surface area contributed by atoms with Crippen molar-refractivity contribution in [2.45, 2.75) is 75.4 Å². The third-order valence-electron chi connectivity index (χ3n) is 18.1. The lowest BCUT2D eigenvalue weighted by molar-refractivity contribution is -0.384. The predicted octanol–water partition coefficient (Wildman–Crippen LogP) is 11.1. The highest BCUT2D eigenvalue weighted by Gasteiger charge is 2.40. The molecule has 4 amide bonds. The highest BCUT2D eigenvalue weighted by atomic mass is 35.5. The number of carbonyl (C=O) groups is 4. The zero-order valence-electron chi connectivity index (χ0n) is 53.5. The number of H-pyrrole nitrogens is 1. The van der Waals surface area contributed by atoms with Crippen LogP contribution >= 0.6 is 11.6 Å². The van der Waals surface area contributed by atoms with Crippen LogP contribution in [-0.4, -0.2) is 140 Å². The molecule has 0 radical (unpaired) electrons. The van der Waals surface area contributed by atoms with Crippen LogP contribution in [0, 0.1) is 33.8 Å². The molecule has 502 valence electrons. The molecule has 22 nitrogen and oxygen atoms in total. The molecular weight excluding hydrogens is 1280 g/mol. The van der Waals surface area contributed by atoms with Gasteiger partial charge in [-0.05, 0) is 140 Å². The topological polar surface area (TPSA) is 260 Å². The Bertz CT molecular complexity index is 4320. The van der Waals surface area contributed by atoms with E-state index < -0.39 is 43.4 Å². The van der Waals surface area contributed by atoms with Crippen LogP contribution in [0.4, 0.5) is 17.1 Å². The van der Waals surface area contributed by atoms with Crippen LogP contribution in [-0.2, 0) is 42.2 Å². The maximum Gasteiger partial charge on any atom is 0.293 e. The minimum Gasteiger partial charge on any atom is -0.493 e. The number of aromatic nitrogens is 2. The van der Waals surface area contributed by atoms with E-state index >= 15 is 0 Å². The first kappa shape index (κ1) is 67.2. The van der Waals surface area contributed by atoms with E-state index in [0.717, 1.165) is 83.2 Å². The first-order valence-corrected chi connectivity index (χ1v) is 34.6. The fraction of sp³-hybridized carbons (Fsp3) is 0.329. The van der Waals surface area contributed by atoms with Gasteiger partial charge in [-0.1, -0.05) is 72.3 Å². The monoisotopic (exact) mass is 1350 g/mol. The molecule has 5 aromatic carbocycles. The Morgan fingerprint density at radius 1 is 0.835 bits per heavy atom. The smallest absolute Gasteiger partial charge is 0.293 e. The summed E-state index contributed by atoms with van der Waals surface area (Å²) in [6.07, 6.45) is 21.6. The highest BCUT2D eigenvalue weighted by molar-refractivity contribution is 7.90. The molecule has 4 N–H and O–H groups in total. The van der Waals surface area contributed by atoms with Gasteiger partial charge >= 0.3 is 0 Å². The molecule has 0 bridgehead atoms. The van der Waals surface area contributed by atoms with Crippen molar-refractivity contribution >= 4 is 73.3 Å². The zero-order chi connectivity index (χ0) is 67.3. The third kappa shape index (κ3) is 16.9. The van der Waals surface area contributed by atoms with E-state index in [0.29, 0.717) is 107 Å². The minimum absolute atomic E-state index is 0.0531. The number of pyridine rings is 1. The van der Waals surface area contributed by atoms with Crippen molar-refractivity contribution in [1.82, 2.24) is 34.7 Å². The number of hydrogen-bond donors (Lipinski definition) is 4. The number of nitro groups is 1. The van der Waals surface area contributed by atoms with Gasteiger partial charge in [-0.3, -0.25) is 39.5 Å². The number of sulfonamides is 1. The number of amides is 4. The summed E-state index contributed by atoms with van der Waals surface area (Å²) in [5, 5.41) is 19.0. The van der Waals surface area contributed by atoms with Gasteiger partial charge in [0, 0.05) is 142 Å². The quantitative estimate of drug-likeness (QED) is 0.0162. The van der Waals surface area contributed by atoms with Crippen LogP contribution < -0.4 is 29.7 Å². The Morgan fingerprint density at radius 3 is 2.38 bits per heavy atom. The summed E-state index contributed by atoms with van der Waals surface area (Å²) in [6, 6.07) is 31.2. The minimum atomic E-state index is -4.57. The van der Waals surface area contributed by atoms with Gasteiger partial charge in [-0.25, -0.2) is 18.1 Å². The molecule has 1 atom stereocenters. The van der Waals surface area contributed by atoms with Gasteiger partial charge in [0.05, 0.1) is 41.4 Å². The largest absolute Gasteiger partial charge is 0.493 e. The molecule has 24 heteroatoms. The Labute approximate surface area is 567 Å². The molecule has 7 heterocycles. The number of carbonyl (C=O) groups excluding carboxylic acids is 4. The van der Waals surface area contributed by atoms with E-state index in [2.05, 4.69) is 64.0 Å². The fourth-order valence-electron chi connectivity index (χ4n) is 12.4. The van der Waals surface area contributed by atoms with Gasteiger partial charge in [0.25, 0.3) is 27.5 Å².